The van der Waals surface area contributed by atoms with Crippen LogP contribution >= 0.6 is 11.6 Å². The maximum atomic E-state index is 12.6. The molecule has 0 saturated carbocycles. The van der Waals surface area contributed by atoms with E-state index in [-0.39, 0.29) is 16.9 Å². The molecule has 0 saturated heterocycles. The van der Waals surface area contributed by atoms with E-state index in [0.717, 1.165) is 0 Å². The van der Waals surface area contributed by atoms with Crippen molar-refractivity contribution in [1.82, 2.24) is 0 Å². The third-order valence-corrected chi connectivity index (χ3v) is 4.42. The highest BCUT2D eigenvalue weighted by atomic mass is 35.5. The van der Waals surface area contributed by atoms with Gasteiger partial charge in [0.1, 0.15) is 5.60 Å². The zero-order chi connectivity index (χ0) is 24.1. The number of carbonyl (C=O) groups excluding carboxylic acids is 3. The maximum absolute atomic E-state index is 12.6. The van der Waals surface area contributed by atoms with Crippen molar-refractivity contribution in [2.75, 3.05) is 29.6 Å². The van der Waals surface area contributed by atoms with Gasteiger partial charge in [0.05, 0.1) is 40.1 Å². The Morgan fingerprint density at radius 1 is 1.09 bits per heavy atom. The van der Waals surface area contributed by atoms with Gasteiger partial charge in [0, 0.05) is 19.7 Å². The Kier molecular flexibility index (Phi) is 7.84. The molecule has 0 atom stereocenters. The van der Waals surface area contributed by atoms with Gasteiger partial charge in [0.25, 0.3) is 0 Å². The van der Waals surface area contributed by atoms with Crippen molar-refractivity contribution in [2.45, 2.75) is 32.8 Å². The first-order valence-corrected chi connectivity index (χ1v) is 10.1. The van der Waals surface area contributed by atoms with Crippen molar-refractivity contribution >= 4 is 46.4 Å². The van der Waals surface area contributed by atoms with Gasteiger partial charge >= 0.3 is 6.09 Å². The second-order valence-corrected chi connectivity index (χ2v) is 8.62. The lowest BCUT2D eigenvalue weighted by Crippen LogP contribution is -2.28. The van der Waals surface area contributed by atoms with Crippen molar-refractivity contribution < 1.29 is 19.1 Å². The van der Waals surface area contributed by atoms with Crippen LogP contribution in [0.15, 0.2) is 36.4 Å². The molecule has 9 heteroatoms. The lowest BCUT2D eigenvalue weighted by molar-refractivity contribution is -0.115. The number of anilines is 3. The number of Topliss-reactive ketones (excluding diaryl/α,β-unsaturated/α-hetero) is 1. The van der Waals surface area contributed by atoms with E-state index in [2.05, 4.69) is 10.6 Å². The summed E-state index contributed by atoms with van der Waals surface area (Å²) in [6.07, 6.45) is -1.15. The summed E-state index contributed by atoms with van der Waals surface area (Å²) in [5.41, 5.74) is 0.961. The molecule has 0 spiro atoms. The monoisotopic (exact) mass is 456 g/mol. The van der Waals surface area contributed by atoms with Gasteiger partial charge in [-0.05, 0) is 45.0 Å². The number of halogens is 1. The number of rotatable bonds is 6. The summed E-state index contributed by atoms with van der Waals surface area (Å²) in [6.45, 7) is 5.19. The molecule has 0 unspecified atom stereocenters. The number of nitriles is 1. The summed E-state index contributed by atoms with van der Waals surface area (Å²) in [4.78, 5) is 39.0. The molecule has 168 valence electrons. The second-order valence-electron chi connectivity index (χ2n) is 8.21. The van der Waals surface area contributed by atoms with Crippen LogP contribution in [-0.2, 0) is 9.53 Å². The maximum Gasteiger partial charge on any atom is 0.412 e. The van der Waals surface area contributed by atoms with Crippen LogP contribution in [0.3, 0.4) is 0 Å². The highest BCUT2D eigenvalue weighted by Crippen LogP contribution is 2.35. The number of nitrogens with one attached hydrogen (secondary N) is 2. The van der Waals surface area contributed by atoms with Gasteiger partial charge < -0.3 is 15.0 Å². The molecule has 0 radical (unpaired) electrons. The summed E-state index contributed by atoms with van der Waals surface area (Å²) in [5, 5.41) is 14.6. The van der Waals surface area contributed by atoms with Crippen LogP contribution in [0.5, 0.6) is 0 Å². The average molecular weight is 457 g/mol. The van der Waals surface area contributed by atoms with Crippen LogP contribution < -0.4 is 15.5 Å². The third-order valence-electron chi connectivity index (χ3n) is 4.11. The van der Waals surface area contributed by atoms with Crippen molar-refractivity contribution in [3.8, 4) is 6.07 Å². The fourth-order valence-corrected chi connectivity index (χ4v) is 3.06. The number of amides is 2. The van der Waals surface area contributed by atoms with E-state index in [0.29, 0.717) is 16.3 Å². The molecule has 2 amide bonds. The fourth-order valence-electron chi connectivity index (χ4n) is 2.73. The van der Waals surface area contributed by atoms with E-state index in [9.17, 15) is 14.4 Å². The Balaban J connectivity index is 2.25. The standard InChI is InChI=1S/C23H25ClN4O4/c1-23(2,3)32-22(31)27-18-11-19(28(4)5)16(24)10-17(18)26-21(30)12-20(29)15-8-6-7-14(9-15)13-25/h6-11H,12H2,1-5H3,(H,26,30)(H,27,31). The topological polar surface area (TPSA) is 112 Å². The van der Waals surface area contributed by atoms with Gasteiger partial charge in [0.2, 0.25) is 5.91 Å². The predicted octanol–water partition coefficient (Wildman–Crippen LogP) is 4.84. The summed E-state index contributed by atoms with van der Waals surface area (Å²) >= 11 is 6.32. The quantitative estimate of drug-likeness (QED) is 0.475. The summed E-state index contributed by atoms with van der Waals surface area (Å²) in [6, 6.07) is 11.1. The van der Waals surface area contributed by atoms with Gasteiger partial charge in [0.15, 0.2) is 5.78 Å². The molecule has 0 aliphatic carbocycles. The van der Waals surface area contributed by atoms with E-state index in [1.54, 1.807) is 58.0 Å². The Bertz CT molecular complexity index is 1080. The van der Waals surface area contributed by atoms with Gasteiger partial charge in [-0.1, -0.05) is 23.7 Å². The summed E-state index contributed by atoms with van der Waals surface area (Å²) in [5.74, 6) is -1.05. The lowest BCUT2D eigenvalue weighted by Gasteiger charge is -2.22. The molecule has 32 heavy (non-hydrogen) atoms. The smallest absolute Gasteiger partial charge is 0.412 e. The molecule has 2 aromatic carbocycles. The molecule has 0 heterocycles. The normalized spacial score (nSPS) is 10.7. The molecule has 0 aliphatic rings. The summed E-state index contributed by atoms with van der Waals surface area (Å²) in [7, 11) is 3.56. The summed E-state index contributed by atoms with van der Waals surface area (Å²) < 4.78 is 5.29. The van der Waals surface area contributed by atoms with E-state index >= 15 is 0 Å². The lowest BCUT2D eigenvalue weighted by atomic mass is 10.1. The molecule has 0 aromatic heterocycles. The van der Waals surface area contributed by atoms with Crippen molar-refractivity contribution in [1.29, 1.82) is 5.26 Å². The number of nitrogens with zero attached hydrogens (tertiary/aromatic N) is 2. The number of hydrogen-bond acceptors (Lipinski definition) is 6. The van der Waals surface area contributed by atoms with E-state index in [1.807, 2.05) is 6.07 Å². The van der Waals surface area contributed by atoms with Gasteiger partial charge in [-0.2, -0.15) is 5.26 Å². The van der Waals surface area contributed by atoms with Gasteiger partial charge in [-0.3, -0.25) is 14.9 Å². The first-order valence-electron chi connectivity index (χ1n) is 9.73. The van der Waals surface area contributed by atoms with Crippen molar-refractivity contribution in [2.24, 2.45) is 0 Å². The van der Waals surface area contributed by atoms with E-state index < -0.39 is 29.8 Å². The minimum atomic E-state index is -0.714. The predicted molar refractivity (Wildman–Crippen MR) is 124 cm³/mol. The van der Waals surface area contributed by atoms with Crippen LogP contribution in [0, 0.1) is 11.3 Å². The van der Waals surface area contributed by atoms with Crippen LogP contribution in [-0.4, -0.2) is 37.5 Å². The molecule has 0 aliphatic heterocycles. The molecule has 2 aromatic rings. The van der Waals surface area contributed by atoms with Crippen molar-refractivity contribution in [3.63, 3.8) is 0 Å². The number of carbonyl (C=O) groups is 3. The Labute approximate surface area is 192 Å². The highest BCUT2D eigenvalue weighted by molar-refractivity contribution is 6.34. The molecule has 8 nitrogen and oxygen atoms in total. The number of ether oxygens (including phenoxy) is 1. The van der Waals surface area contributed by atoms with E-state index in [1.165, 1.54) is 18.2 Å². The van der Waals surface area contributed by atoms with Gasteiger partial charge in [-0.25, -0.2) is 4.79 Å². The van der Waals surface area contributed by atoms with Gasteiger partial charge in [-0.15, -0.1) is 0 Å². The zero-order valence-corrected chi connectivity index (χ0v) is 19.3. The molecule has 0 bridgehead atoms. The number of hydrogen-bond donors (Lipinski definition) is 2. The highest BCUT2D eigenvalue weighted by Gasteiger charge is 2.20. The second kappa shape index (κ2) is 10.2. The van der Waals surface area contributed by atoms with Crippen LogP contribution in [0.1, 0.15) is 43.1 Å². The minimum Gasteiger partial charge on any atom is -0.444 e. The molecular formula is C23H25ClN4O4. The largest absolute Gasteiger partial charge is 0.444 e. The van der Waals surface area contributed by atoms with Crippen LogP contribution in [0.4, 0.5) is 21.9 Å². The van der Waals surface area contributed by atoms with Crippen molar-refractivity contribution in [3.05, 3.63) is 52.5 Å². The Hall–Kier alpha value is -3.57. The molecule has 2 rings (SSSR count). The fraction of sp³-hybridized carbons (Fsp3) is 0.304. The Morgan fingerprint density at radius 2 is 1.75 bits per heavy atom. The molecule has 0 fully saturated rings. The Morgan fingerprint density at radius 3 is 2.34 bits per heavy atom. The zero-order valence-electron chi connectivity index (χ0n) is 18.6. The number of benzene rings is 2. The van der Waals surface area contributed by atoms with Crippen LogP contribution in [0.25, 0.3) is 0 Å². The van der Waals surface area contributed by atoms with Crippen LogP contribution in [0.2, 0.25) is 5.02 Å². The molecular weight excluding hydrogens is 432 g/mol. The first kappa shape index (κ1) is 24.7. The average Bonchev–Trinajstić information content (AvgIpc) is 2.68. The van der Waals surface area contributed by atoms with E-state index in [4.69, 9.17) is 21.6 Å². The number of ketones is 1. The SMILES string of the molecule is CN(C)c1cc(NC(=O)OC(C)(C)C)c(NC(=O)CC(=O)c2cccc(C#N)c2)cc1Cl. The minimum absolute atomic E-state index is 0.218. The third kappa shape index (κ3) is 7.00. The first-order chi connectivity index (χ1) is 14.9. The molecule has 2 N–H and O–H groups in total.